The molecule has 1 aliphatic rings. The van der Waals surface area contributed by atoms with Crippen LogP contribution in [0.15, 0.2) is 6.20 Å². The molecule has 1 aliphatic heterocycles. The Bertz CT molecular complexity index is 468. The molecule has 0 saturated carbocycles. The maximum absolute atomic E-state index is 11.7. The SMILES string of the molecule is COc1cnn(C2CCCS2(=O)=O)c1Cl. The highest BCUT2D eigenvalue weighted by molar-refractivity contribution is 7.91. The first-order valence-electron chi connectivity index (χ1n) is 4.55. The van der Waals surface area contributed by atoms with E-state index < -0.39 is 15.2 Å². The van der Waals surface area contributed by atoms with Gasteiger partial charge in [-0.2, -0.15) is 5.10 Å². The molecule has 5 nitrogen and oxygen atoms in total. The standard InChI is InChI=1S/C8H11ClN2O3S/c1-14-6-5-10-11(8(6)9)7-3-2-4-15(7,12)13/h5,7H,2-4H2,1H3. The summed E-state index contributed by atoms with van der Waals surface area (Å²) in [6.07, 6.45) is 2.65. The number of hydrogen-bond acceptors (Lipinski definition) is 4. The molecule has 1 unspecified atom stereocenters. The lowest BCUT2D eigenvalue weighted by molar-refractivity contribution is 0.413. The van der Waals surface area contributed by atoms with Crippen molar-refractivity contribution < 1.29 is 13.2 Å². The molecule has 0 N–H and O–H groups in total. The van der Waals surface area contributed by atoms with E-state index in [-0.39, 0.29) is 10.9 Å². The van der Waals surface area contributed by atoms with Gasteiger partial charge in [0.2, 0.25) is 0 Å². The Kier molecular flexibility index (Phi) is 2.64. The smallest absolute Gasteiger partial charge is 0.175 e. The summed E-state index contributed by atoms with van der Waals surface area (Å²) in [5, 5.41) is 3.56. The van der Waals surface area contributed by atoms with Crippen molar-refractivity contribution in [1.82, 2.24) is 9.78 Å². The molecule has 0 aliphatic carbocycles. The summed E-state index contributed by atoms with van der Waals surface area (Å²) in [4.78, 5) is 0. The number of nitrogens with zero attached hydrogens (tertiary/aromatic N) is 2. The van der Waals surface area contributed by atoms with Gasteiger partial charge < -0.3 is 4.74 Å². The molecular weight excluding hydrogens is 240 g/mol. The summed E-state index contributed by atoms with van der Waals surface area (Å²) in [6, 6.07) is 0. The Hall–Kier alpha value is -0.750. The van der Waals surface area contributed by atoms with Crippen LogP contribution in [0.1, 0.15) is 18.2 Å². The number of methoxy groups -OCH3 is 1. The third-order valence-corrected chi connectivity index (χ3v) is 4.97. The van der Waals surface area contributed by atoms with E-state index in [1.54, 1.807) is 0 Å². The first-order valence-corrected chi connectivity index (χ1v) is 6.64. The lowest BCUT2D eigenvalue weighted by Crippen LogP contribution is -2.16. The number of ether oxygens (including phenoxy) is 1. The van der Waals surface area contributed by atoms with E-state index in [1.807, 2.05) is 0 Å². The number of sulfone groups is 1. The van der Waals surface area contributed by atoms with Crippen LogP contribution in [0.2, 0.25) is 5.15 Å². The second-order valence-electron chi connectivity index (χ2n) is 3.41. The van der Waals surface area contributed by atoms with Gasteiger partial charge in [0.15, 0.2) is 26.1 Å². The molecule has 7 heteroatoms. The Morgan fingerprint density at radius 1 is 1.67 bits per heavy atom. The van der Waals surface area contributed by atoms with E-state index in [0.29, 0.717) is 18.6 Å². The average Bonchev–Trinajstić information content (AvgIpc) is 2.69. The van der Waals surface area contributed by atoms with Crippen LogP contribution in [0.3, 0.4) is 0 Å². The molecule has 1 saturated heterocycles. The van der Waals surface area contributed by atoms with Gasteiger partial charge in [-0.15, -0.1) is 0 Å². The topological polar surface area (TPSA) is 61.2 Å². The zero-order chi connectivity index (χ0) is 11.1. The van der Waals surface area contributed by atoms with Crippen molar-refractivity contribution >= 4 is 21.4 Å². The van der Waals surface area contributed by atoms with E-state index in [9.17, 15) is 8.42 Å². The monoisotopic (exact) mass is 250 g/mol. The van der Waals surface area contributed by atoms with Crippen molar-refractivity contribution in [3.63, 3.8) is 0 Å². The summed E-state index contributed by atoms with van der Waals surface area (Å²) in [5.41, 5.74) is 0. The fourth-order valence-corrected chi connectivity index (χ4v) is 3.89. The molecule has 1 aromatic rings. The number of aromatic nitrogens is 2. The average molecular weight is 251 g/mol. The minimum Gasteiger partial charge on any atom is -0.492 e. The van der Waals surface area contributed by atoms with Crippen LogP contribution in [-0.2, 0) is 9.84 Å². The molecule has 2 rings (SSSR count). The van der Waals surface area contributed by atoms with Gasteiger partial charge >= 0.3 is 0 Å². The molecule has 2 heterocycles. The van der Waals surface area contributed by atoms with E-state index in [4.69, 9.17) is 16.3 Å². The number of halogens is 1. The van der Waals surface area contributed by atoms with Crippen LogP contribution in [0, 0.1) is 0 Å². The van der Waals surface area contributed by atoms with Gasteiger partial charge in [0.05, 0.1) is 19.1 Å². The Morgan fingerprint density at radius 3 is 2.87 bits per heavy atom. The Balaban J connectivity index is 2.42. The summed E-state index contributed by atoms with van der Waals surface area (Å²) in [5.74, 6) is 0.606. The van der Waals surface area contributed by atoms with Crippen LogP contribution < -0.4 is 4.74 Å². The van der Waals surface area contributed by atoms with Crippen LogP contribution in [0.5, 0.6) is 5.75 Å². The molecule has 1 fully saturated rings. The van der Waals surface area contributed by atoms with Crippen LogP contribution in [0.4, 0.5) is 0 Å². The third-order valence-electron chi connectivity index (χ3n) is 2.49. The molecule has 1 aromatic heterocycles. The second-order valence-corrected chi connectivity index (χ2v) is 6.05. The van der Waals surface area contributed by atoms with E-state index in [2.05, 4.69) is 5.10 Å². The molecule has 84 valence electrons. The predicted molar refractivity (Wildman–Crippen MR) is 55.8 cm³/mol. The van der Waals surface area contributed by atoms with E-state index in [0.717, 1.165) is 0 Å². The van der Waals surface area contributed by atoms with Crippen molar-refractivity contribution in [3.05, 3.63) is 11.3 Å². The van der Waals surface area contributed by atoms with Gasteiger partial charge in [0.1, 0.15) is 0 Å². The van der Waals surface area contributed by atoms with Crippen LogP contribution in [-0.4, -0.2) is 31.1 Å². The maximum atomic E-state index is 11.7. The third kappa shape index (κ3) is 1.72. The first-order chi connectivity index (χ1) is 7.06. The predicted octanol–water partition coefficient (Wildman–Crippen LogP) is 1.25. The lowest BCUT2D eigenvalue weighted by Gasteiger charge is -2.10. The van der Waals surface area contributed by atoms with Gasteiger partial charge in [-0.3, -0.25) is 0 Å². The van der Waals surface area contributed by atoms with E-state index in [1.165, 1.54) is 18.0 Å². The molecule has 15 heavy (non-hydrogen) atoms. The van der Waals surface area contributed by atoms with E-state index >= 15 is 0 Å². The van der Waals surface area contributed by atoms with Crippen molar-refractivity contribution in [2.45, 2.75) is 18.2 Å². The summed E-state index contributed by atoms with van der Waals surface area (Å²) in [7, 11) is -1.63. The summed E-state index contributed by atoms with van der Waals surface area (Å²) >= 11 is 5.94. The quantitative estimate of drug-likeness (QED) is 0.793. The molecule has 0 aromatic carbocycles. The number of hydrogen-bond donors (Lipinski definition) is 0. The lowest BCUT2D eigenvalue weighted by atomic mass is 10.3. The highest BCUT2D eigenvalue weighted by Gasteiger charge is 2.35. The van der Waals surface area contributed by atoms with Crippen molar-refractivity contribution in [2.24, 2.45) is 0 Å². The van der Waals surface area contributed by atoms with Crippen molar-refractivity contribution in [2.75, 3.05) is 12.9 Å². The number of rotatable bonds is 2. The molecule has 0 spiro atoms. The fourth-order valence-electron chi connectivity index (χ4n) is 1.72. The van der Waals surface area contributed by atoms with Gasteiger partial charge in [0, 0.05) is 0 Å². The summed E-state index contributed by atoms with van der Waals surface area (Å²) in [6.45, 7) is 0. The van der Waals surface area contributed by atoms with Gasteiger partial charge in [-0.05, 0) is 12.8 Å². The Morgan fingerprint density at radius 2 is 2.40 bits per heavy atom. The molecule has 0 amide bonds. The second kappa shape index (κ2) is 3.68. The molecular formula is C8H11ClN2O3S. The van der Waals surface area contributed by atoms with Gasteiger partial charge in [-0.25, -0.2) is 13.1 Å². The normalized spacial score (nSPS) is 24.3. The maximum Gasteiger partial charge on any atom is 0.175 e. The van der Waals surface area contributed by atoms with Gasteiger partial charge in [0.25, 0.3) is 0 Å². The largest absolute Gasteiger partial charge is 0.492 e. The minimum absolute atomic E-state index is 0.205. The van der Waals surface area contributed by atoms with Crippen LogP contribution >= 0.6 is 11.6 Å². The Labute approximate surface area is 92.9 Å². The zero-order valence-corrected chi connectivity index (χ0v) is 9.75. The van der Waals surface area contributed by atoms with Crippen molar-refractivity contribution in [1.29, 1.82) is 0 Å². The minimum atomic E-state index is -3.10. The highest BCUT2D eigenvalue weighted by atomic mass is 35.5. The van der Waals surface area contributed by atoms with Gasteiger partial charge in [-0.1, -0.05) is 11.6 Å². The summed E-state index contributed by atoms with van der Waals surface area (Å²) < 4.78 is 29.6. The highest BCUT2D eigenvalue weighted by Crippen LogP contribution is 2.34. The molecule has 0 radical (unpaired) electrons. The molecule has 1 atom stereocenters. The fraction of sp³-hybridized carbons (Fsp3) is 0.625. The first kappa shape index (κ1) is 10.8. The zero-order valence-electron chi connectivity index (χ0n) is 8.18. The molecule has 0 bridgehead atoms. The van der Waals surface area contributed by atoms with Crippen LogP contribution in [0.25, 0.3) is 0 Å². The van der Waals surface area contributed by atoms with Crippen molar-refractivity contribution in [3.8, 4) is 5.75 Å².